The highest BCUT2D eigenvalue weighted by atomic mass is 35.5. The molecule has 3 aliphatic heterocycles. The number of carbonyl (C=O) groups is 2. The highest BCUT2D eigenvalue weighted by Gasteiger charge is 2.37. The fraction of sp³-hybridized carbons (Fsp3) is 0.536. The summed E-state index contributed by atoms with van der Waals surface area (Å²) in [5, 5.41) is 7.71. The zero-order valence-electron chi connectivity index (χ0n) is 22.9. The van der Waals surface area contributed by atoms with Crippen molar-refractivity contribution in [2.75, 3.05) is 38.8 Å². The van der Waals surface area contributed by atoms with Gasteiger partial charge in [0.25, 0.3) is 5.91 Å². The van der Waals surface area contributed by atoms with Crippen LogP contribution < -0.4 is 14.8 Å². The third-order valence-electron chi connectivity index (χ3n) is 7.21. The Morgan fingerprint density at radius 2 is 2.02 bits per heavy atom. The second-order valence-corrected chi connectivity index (χ2v) is 11.0. The van der Waals surface area contributed by atoms with Crippen molar-refractivity contribution >= 4 is 29.2 Å². The zero-order chi connectivity index (χ0) is 28.3. The molecule has 216 valence electrons. The van der Waals surface area contributed by atoms with Gasteiger partial charge < -0.3 is 33.9 Å². The smallest absolute Gasteiger partial charge is 0.251 e. The standard InChI is InChI=1S/C28H35ClN4O7/c1-28(2)38-17-20(40-28)15-32-10-7-24(31-32)30-27(35)21(13-18-8-11-37-12-9-18)33-16-19(14-25(33)34)39-23-6-4-5-22(36-3)26(23)29/h4-7,10,14,18,20-21H,8-9,11-13,15-17H2,1-3H3,(H,30,31,35). The summed E-state index contributed by atoms with van der Waals surface area (Å²) in [6.45, 7) is 6.12. The molecular weight excluding hydrogens is 540 g/mol. The van der Waals surface area contributed by atoms with Crippen molar-refractivity contribution in [1.29, 1.82) is 0 Å². The minimum Gasteiger partial charge on any atom is -0.495 e. The third kappa shape index (κ3) is 6.77. The number of carbonyl (C=O) groups excluding carboxylic acids is 2. The van der Waals surface area contributed by atoms with Gasteiger partial charge in [0.15, 0.2) is 11.6 Å². The number of halogens is 1. The normalized spacial score (nSPS) is 21.8. The number of rotatable bonds is 10. The number of amides is 2. The van der Waals surface area contributed by atoms with Crippen LogP contribution in [0.4, 0.5) is 5.82 Å². The van der Waals surface area contributed by atoms with Crippen LogP contribution in [0.15, 0.2) is 42.3 Å². The number of benzene rings is 1. The first kappa shape index (κ1) is 28.4. The summed E-state index contributed by atoms with van der Waals surface area (Å²) in [5.41, 5.74) is 0. The highest BCUT2D eigenvalue weighted by molar-refractivity contribution is 6.33. The maximum atomic E-state index is 13.6. The molecule has 12 heteroatoms. The lowest BCUT2D eigenvalue weighted by molar-refractivity contribution is -0.139. The summed E-state index contributed by atoms with van der Waals surface area (Å²) < 4.78 is 29.9. The third-order valence-corrected chi connectivity index (χ3v) is 7.58. The molecule has 2 atom stereocenters. The summed E-state index contributed by atoms with van der Waals surface area (Å²) in [5.74, 6) is 0.661. The van der Waals surface area contributed by atoms with Crippen molar-refractivity contribution in [3.8, 4) is 11.5 Å². The van der Waals surface area contributed by atoms with E-state index in [0.717, 1.165) is 12.8 Å². The number of nitrogens with one attached hydrogen (secondary N) is 1. The first-order valence-corrected chi connectivity index (χ1v) is 13.8. The molecule has 0 spiro atoms. The van der Waals surface area contributed by atoms with Crippen molar-refractivity contribution in [3.05, 3.63) is 47.3 Å². The van der Waals surface area contributed by atoms with Gasteiger partial charge in [0.2, 0.25) is 5.91 Å². The monoisotopic (exact) mass is 574 g/mol. The number of hydrogen-bond acceptors (Lipinski definition) is 8. The van der Waals surface area contributed by atoms with E-state index in [-0.39, 0.29) is 30.4 Å². The second kappa shape index (κ2) is 12.2. The van der Waals surface area contributed by atoms with E-state index in [2.05, 4.69) is 10.4 Å². The quantitative estimate of drug-likeness (QED) is 0.458. The number of hydrogen-bond donors (Lipinski definition) is 1. The second-order valence-electron chi connectivity index (χ2n) is 10.6. The summed E-state index contributed by atoms with van der Waals surface area (Å²) >= 11 is 6.39. The van der Waals surface area contributed by atoms with Crippen LogP contribution in [0.3, 0.4) is 0 Å². The van der Waals surface area contributed by atoms with E-state index in [1.54, 1.807) is 35.1 Å². The predicted octanol–water partition coefficient (Wildman–Crippen LogP) is 3.63. The van der Waals surface area contributed by atoms with Crippen LogP contribution >= 0.6 is 11.6 Å². The molecule has 1 aromatic heterocycles. The van der Waals surface area contributed by atoms with Gasteiger partial charge >= 0.3 is 0 Å². The van der Waals surface area contributed by atoms with Crippen LogP contribution in [0.5, 0.6) is 11.5 Å². The topological polar surface area (TPSA) is 113 Å². The Bertz CT molecular complexity index is 1260. The van der Waals surface area contributed by atoms with Gasteiger partial charge in [-0.15, -0.1) is 0 Å². The van der Waals surface area contributed by atoms with Gasteiger partial charge in [-0.25, -0.2) is 0 Å². The van der Waals surface area contributed by atoms with E-state index in [4.69, 9.17) is 35.3 Å². The lowest BCUT2D eigenvalue weighted by Crippen LogP contribution is -2.47. The van der Waals surface area contributed by atoms with Crippen molar-refractivity contribution in [2.45, 2.75) is 57.6 Å². The zero-order valence-corrected chi connectivity index (χ0v) is 23.7. The van der Waals surface area contributed by atoms with Crippen LogP contribution in [0.25, 0.3) is 0 Å². The molecule has 5 rings (SSSR count). The Morgan fingerprint density at radius 1 is 1.25 bits per heavy atom. The fourth-order valence-electron chi connectivity index (χ4n) is 5.18. The van der Waals surface area contributed by atoms with E-state index in [1.165, 1.54) is 18.1 Å². The average molecular weight is 575 g/mol. The van der Waals surface area contributed by atoms with Crippen molar-refractivity contribution in [3.63, 3.8) is 0 Å². The van der Waals surface area contributed by atoms with Crippen molar-refractivity contribution in [2.24, 2.45) is 5.92 Å². The number of nitrogens with zero attached hydrogens (tertiary/aromatic N) is 3. The average Bonchev–Trinajstić information content (AvgIpc) is 3.62. The van der Waals surface area contributed by atoms with Gasteiger partial charge in [-0.2, -0.15) is 5.10 Å². The molecular formula is C28H35ClN4O7. The van der Waals surface area contributed by atoms with E-state index < -0.39 is 11.8 Å². The SMILES string of the molecule is COc1cccc(OC2=CC(=O)N(C(CC3CCOCC3)C(=O)Nc3ccn(CC4COC(C)(C)O4)n3)C2)c1Cl. The minimum atomic E-state index is -0.716. The minimum absolute atomic E-state index is 0.135. The number of ether oxygens (including phenoxy) is 5. The molecule has 2 saturated heterocycles. The molecule has 2 fully saturated rings. The Labute approximate surface area is 238 Å². The maximum absolute atomic E-state index is 13.6. The van der Waals surface area contributed by atoms with Gasteiger partial charge in [-0.1, -0.05) is 17.7 Å². The van der Waals surface area contributed by atoms with Crippen molar-refractivity contribution < 1.29 is 33.3 Å². The van der Waals surface area contributed by atoms with Crippen molar-refractivity contribution in [1.82, 2.24) is 14.7 Å². The van der Waals surface area contributed by atoms with Crippen LogP contribution in [0.1, 0.15) is 33.1 Å². The molecule has 4 heterocycles. The number of aromatic nitrogens is 2. The van der Waals surface area contributed by atoms with Gasteiger partial charge in [0, 0.05) is 31.6 Å². The number of anilines is 1. The summed E-state index contributed by atoms with van der Waals surface area (Å²) in [6, 6.07) is 6.19. The lowest BCUT2D eigenvalue weighted by atomic mass is 9.91. The molecule has 40 heavy (non-hydrogen) atoms. The summed E-state index contributed by atoms with van der Waals surface area (Å²) in [4.78, 5) is 28.3. The van der Waals surface area contributed by atoms with Crippen LogP contribution in [-0.4, -0.2) is 77.9 Å². The first-order valence-electron chi connectivity index (χ1n) is 13.5. The Hall–Kier alpha value is -3.12. The largest absolute Gasteiger partial charge is 0.495 e. The van der Waals surface area contributed by atoms with Crippen LogP contribution in [0, 0.1) is 5.92 Å². The predicted molar refractivity (Wildman–Crippen MR) is 146 cm³/mol. The fourth-order valence-corrected chi connectivity index (χ4v) is 5.42. The molecule has 0 bridgehead atoms. The maximum Gasteiger partial charge on any atom is 0.251 e. The molecule has 0 saturated carbocycles. The molecule has 3 aliphatic rings. The molecule has 2 amide bonds. The Balaban J connectivity index is 1.27. The molecule has 1 N–H and O–H groups in total. The molecule has 11 nitrogen and oxygen atoms in total. The highest BCUT2D eigenvalue weighted by Crippen LogP contribution is 2.35. The summed E-state index contributed by atoms with van der Waals surface area (Å²) in [6.07, 6.45) is 5.21. The van der Waals surface area contributed by atoms with Crippen LogP contribution in [0.2, 0.25) is 5.02 Å². The molecule has 1 aromatic carbocycles. The Kier molecular flexibility index (Phi) is 8.65. The van der Waals surface area contributed by atoms with Gasteiger partial charge in [0.05, 0.1) is 26.8 Å². The molecule has 0 aliphatic carbocycles. The van der Waals surface area contributed by atoms with Gasteiger partial charge in [-0.05, 0) is 51.2 Å². The molecule has 2 unspecified atom stereocenters. The molecule has 2 aromatic rings. The van der Waals surface area contributed by atoms with Crippen LogP contribution in [-0.2, 0) is 30.3 Å². The molecule has 0 radical (unpaired) electrons. The van der Waals surface area contributed by atoms with E-state index in [0.29, 0.717) is 60.9 Å². The van der Waals surface area contributed by atoms with E-state index >= 15 is 0 Å². The number of methoxy groups -OCH3 is 1. The van der Waals surface area contributed by atoms with E-state index in [9.17, 15) is 9.59 Å². The first-order chi connectivity index (χ1) is 19.2. The van der Waals surface area contributed by atoms with Gasteiger partial charge in [0.1, 0.15) is 34.4 Å². The summed E-state index contributed by atoms with van der Waals surface area (Å²) in [7, 11) is 1.52. The lowest BCUT2D eigenvalue weighted by Gasteiger charge is -2.31. The Morgan fingerprint density at radius 3 is 2.75 bits per heavy atom. The van der Waals surface area contributed by atoms with E-state index in [1.807, 2.05) is 13.8 Å². The van der Waals surface area contributed by atoms with Gasteiger partial charge in [-0.3, -0.25) is 14.3 Å².